The Labute approximate surface area is 286 Å². The molecule has 0 spiro atoms. The van der Waals surface area contributed by atoms with E-state index in [-0.39, 0.29) is 55.6 Å². The van der Waals surface area contributed by atoms with Crippen molar-refractivity contribution in [2.45, 2.75) is 113 Å². The number of pyridine rings is 1. The van der Waals surface area contributed by atoms with Crippen molar-refractivity contribution in [1.82, 2.24) is 19.9 Å². The van der Waals surface area contributed by atoms with Gasteiger partial charge in [0.1, 0.15) is 17.2 Å². The van der Waals surface area contributed by atoms with Gasteiger partial charge in [-0.25, -0.2) is 17.8 Å². The van der Waals surface area contributed by atoms with Crippen LogP contribution in [0.3, 0.4) is 0 Å². The summed E-state index contributed by atoms with van der Waals surface area (Å²) in [6.07, 6.45) is 7.08. The molecule has 14 heteroatoms. The van der Waals surface area contributed by atoms with Gasteiger partial charge in [0.15, 0.2) is 11.6 Å². The van der Waals surface area contributed by atoms with Gasteiger partial charge in [-0.05, 0) is 82.9 Å². The maximum Gasteiger partial charge on any atom is 0.259 e. The first-order valence-electron chi connectivity index (χ1n) is 17.0. The number of amides is 3. The molecule has 1 aromatic carbocycles. The lowest BCUT2D eigenvalue weighted by atomic mass is 9.95. The molecule has 3 fully saturated rings. The SMILES string of the molecule is CCC1CC(=O)N2CC(Oc3nccc4cc(OC)c(F)cc34)CC2(C)C(=O)NC2(C(=O)NS(=O)(=O)C3(C)CC3)CC2C=CCCC(C)O1. The second kappa shape index (κ2) is 12.8. The predicted molar refractivity (Wildman–Crippen MR) is 179 cm³/mol. The number of nitrogens with one attached hydrogen (secondary N) is 2. The molecule has 49 heavy (non-hydrogen) atoms. The summed E-state index contributed by atoms with van der Waals surface area (Å²) in [6.45, 7) is 7.11. The molecule has 6 unspecified atom stereocenters. The molecule has 3 heterocycles. The zero-order valence-electron chi connectivity index (χ0n) is 28.6. The molecule has 2 aliphatic carbocycles. The molecule has 2 aliphatic heterocycles. The number of allylic oxidation sites excluding steroid dienone is 1. The highest BCUT2D eigenvalue weighted by atomic mass is 32.2. The van der Waals surface area contributed by atoms with Crippen LogP contribution in [0.5, 0.6) is 11.6 Å². The molecule has 1 aromatic heterocycles. The molecule has 3 amide bonds. The van der Waals surface area contributed by atoms with Crippen molar-refractivity contribution in [2.24, 2.45) is 5.92 Å². The van der Waals surface area contributed by atoms with E-state index in [9.17, 15) is 27.2 Å². The van der Waals surface area contributed by atoms with E-state index < -0.39 is 55.5 Å². The molecule has 0 bridgehead atoms. The third kappa shape index (κ3) is 6.61. The Morgan fingerprint density at radius 2 is 1.98 bits per heavy atom. The minimum atomic E-state index is -3.97. The largest absolute Gasteiger partial charge is 0.494 e. The number of hydrogen-bond donors (Lipinski definition) is 2. The molecule has 266 valence electrons. The fourth-order valence-corrected chi connectivity index (χ4v) is 8.24. The number of carbonyl (C=O) groups excluding carboxylic acids is 3. The number of benzene rings is 1. The van der Waals surface area contributed by atoms with Gasteiger partial charge >= 0.3 is 0 Å². The Bertz CT molecular complexity index is 1800. The third-order valence-corrected chi connectivity index (χ3v) is 12.8. The van der Waals surface area contributed by atoms with Crippen molar-refractivity contribution in [3.8, 4) is 11.6 Å². The maximum atomic E-state index is 14.7. The number of ether oxygens (including phenoxy) is 3. The maximum absolute atomic E-state index is 14.7. The number of halogens is 1. The highest BCUT2D eigenvalue weighted by Gasteiger charge is 2.64. The van der Waals surface area contributed by atoms with Gasteiger partial charge in [0.05, 0.1) is 37.0 Å². The van der Waals surface area contributed by atoms with Crippen molar-refractivity contribution in [2.75, 3.05) is 13.7 Å². The lowest BCUT2D eigenvalue weighted by Gasteiger charge is -2.36. The van der Waals surface area contributed by atoms with Gasteiger partial charge in [-0.1, -0.05) is 19.1 Å². The molecule has 2 N–H and O–H groups in total. The first kappa shape index (κ1) is 35.1. The topological polar surface area (TPSA) is 153 Å². The van der Waals surface area contributed by atoms with Gasteiger partial charge in [-0.2, -0.15) is 0 Å². The zero-order valence-corrected chi connectivity index (χ0v) is 29.4. The van der Waals surface area contributed by atoms with E-state index in [0.717, 1.165) is 0 Å². The van der Waals surface area contributed by atoms with Gasteiger partial charge in [0.2, 0.25) is 27.7 Å². The number of aromatic nitrogens is 1. The molecule has 6 atom stereocenters. The van der Waals surface area contributed by atoms with Crippen LogP contribution in [0, 0.1) is 11.7 Å². The van der Waals surface area contributed by atoms with Gasteiger partial charge in [-0.15, -0.1) is 0 Å². The number of rotatable bonds is 7. The second-order valence-corrected chi connectivity index (χ2v) is 16.5. The van der Waals surface area contributed by atoms with E-state index in [1.807, 2.05) is 26.0 Å². The van der Waals surface area contributed by atoms with Crippen molar-refractivity contribution in [3.05, 3.63) is 42.4 Å². The lowest BCUT2D eigenvalue weighted by Crippen LogP contribution is -2.61. The summed E-state index contributed by atoms with van der Waals surface area (Å²) in [5.74, 6) is -2.56. The standard InChI is InChI=1S/C35H45FN4O8S/c1-6-24-16-29(41)40-20-25(48-30-26-17-27(36)28(46-5)15-22(26)11-14-37-30)19-34(40,4)31(42)38-35(18-23(35)10-8-7-9-21(2)47-24)32(43)39-49(44,45)33(3)12-13-33/h8,10-11,14-15,17,21,23-25H,6-7,9,12-13,16,18-20H2,1-5H3,(H,38,42)(H,39,43). The van der Waals surface area contributed by atoms with Crippen LogP contribution in [0.1, 0.15) is 79.1 Å². The fourth-order valence-electron chi connectivity index (χ4n) is 6.93. The summed E-state index contributed by atoms with van der Waals surface area (Å²) in [5, 5.41) is 3.93. The highest BCUT2D eigenvalue weighted by Crippen LogP contribution is 2.48. The zero-order chi connectivity index (χ0) is 35.4. The second-order valence-electron chi connectivity index (χ2n) is 14.4. The Kier molecular flexibility index (Phi) is 9.18. The summed E-state index contributed by atoms with van der Waals surface area (Å²) >= 11 is 0. The van der Waals surface area contributed by atoms with Crippen LogP contribution in [-0.4, -0.2) is 83.8 Å². The lowest BCUT2D eigenvalue weighted by molar-refractivity contribution is -0.147. The van der Waals surface area contributed by atoms with Crippen molar-refractivity contribution in [3.63, 3.8) is 0 Å². The van der Waals surface area contributed by atoms with Crippen LogP contribution in [0.4, 0.5) is 4.39 Å². The van der Waals surface area contributed by atoms with Crippen LogP contribution < -0.4 is 19.5 Å². The monoisotopic (exact) mass is 700 g/mol. The van der Waals surface area contributed by atoms with Crippen LogP contribution in [0.25, 0.3) is 10.8 Å². The number of methoxy groups -OCH3 is 1. The smallest absolute Gasteiger partial charge is 0.259 e. The van der Waals surface area contributed by atoms with E-state index in [0.29, 0.717) is 42.9 Å². The molecule has 12 nitrogen and oxygen atoms in total. The Morgan fingerprint density at radius 3 is 2.67 bits per heavy atom. The van der Waals surface area contributed by atoms with Crippen LogP contribution in [-0.2, 0) is 29.1 Å². The van der Waals surface area contributed by atoms with Gasteiger partial charge < -0.3 is 24.4 Å². The Hall–Kier alpha value is -3.78. The van der Waals surface area contributed by atoms with E-state index in [4.69, 9.17) is 14.2 Å². The molecular weight excluding hydrogens is 655 g/mol. The van der Waals surface area contributed by atoms with Crippen LogP contribution >= 0.6 is 0 Å². The molecule has 2 saturated carbocycles. The first-order chi connectivity index (χ1) is 23.1. The van der Waals surface area contributed by atoms with E-state index >= 15 is 0 Å². The summed E-state index contributed by atoms with van der Waals surface area (Å²) in [7, 11) is -2.60. The summed E-state index contributed by atoms with van der Waals surface area (Å²) in [6, 6.07) is 4.51. The predicted octanol–water partition coefficient (Wildman–Crippen LogP) is 3.92. The molecule has 2 aromatic rings. The average Bonchev–Trinajstić information content (AvgIpc) is 3.94. The third-order valence-electron chi connectivity index (χ3n) is 10.7. The normalized spacial score (nSPS) is 31.5. The number of sulfonamides is 1. The Morgan fingerprint density at radius 1 is 1.22 bits per heavy atom. The van der Waals surface area contributed by atoms with Gasteiger partial charge in [0, 0.05) is 23.9 Å². The number of carbonyl (C=O) groups is 3. The van der Waals surface area contributed by atoms with Gasteiger partial charge in [0.25, 0.3) is 5.91 Å². The highest BCUT2D eigenvalue weighted by molar-refractivity contribution is 7.91. The molecule has 6 rings (SSSR count). The Balaban J connectivity index is 1.33. The average molecular weight is 701 g/mol. The van der Waals surface area contributed by atoms with Crippen molar-refractivity contribution < 1.29 is 41.4 Å². The fraction of sp³-hybridized carbons (Fsp3) is 0.600. The molecule has 1 saturated heterocycles. The number of hydrogen-bond acceptors (Lipinski definition) is 9. The number of fused-ring (bicyclic) bond motifs is 3. The molecular formula is C35H45FN4O8S. The van der Waals surface area contributed by atoms with Crippen LogP contribution in [0.15, 0.2) is 36.5 Å². The minimum Gasteiger partial charge on any atom is -0.494 e. The summed E-state index contributed by atoms with van der Waals surface area (Å²) < 4.78 is 59.8. The van der Waals surface area contributed by atoms with E-state index in [1.54, 1.807) is 19.9 Å². The van der Waals surface area contributed by atoms with Crippen molar-refractivity contribution in [1.29, 1.82) is 0 Å². The summed E-state index contributed by atoms with van der Waals surface area (Å²) in [5.41, 5.74) is -3.00. The van der Waals surface area contributed by atoms with Crippen molar-refractivity contribution >= 4 is 38.5 Å². The quantitative estimate of drug-likeness (QED) is 0.410. The van der Waals surface area contributed by atoms with Crippen LogP contribution in [0.2, 0.25) is 0 Å². The minimum absolute atomic E-state index is 0.0146. The van der Waals surface area contributed by atoms with Gasteiger partial charge in [-0.3, -0.25) is 19.1 Å². The molecule has 0 radical (unpaired) electrons. The van der Waals surface area contributed by atoms with E-state index in [1.165, 1.54) is 30.3 Å². The van der Waals surface area contributed by atoms with E-state index in [2.05, 4.69) is 15.0 Å². The number of nitrogens with zero attached hydrogens (tertiary/aromatic N) is 2. The molecule has 4 aliphatic rings. The summed E-state index contributed by atoms with van der Waals surface area (Å²) in [4.78, 5) is 48.1. The first-order valence-corrected chi connectivity index (χ1v) is 18.4.